The van der Waals surface area contributed by atoms with Crippen LogP contribution in [0.2, 0.25) is 0 Å². The largest absolute Gasteiger partial charge is 0.496 e. The predicted molar refractivity (Wildman–Crippen MR) is 100 cm³/mol. The molecule has 0 bridgehead atoms. The Bertz CT molecular complexity index is 719. The highest BCUT2D eigenvalue weighted by Crippen LogP contribution is 2.31. The van der Waals surface area contributed by atoms with Crippen LogP contribution in [0.3, 0.4) is 0 Å². The van der Waals surface area contributed by atoms with Gasteiger partial charge in [-0.2, -0.15) is 0 Å². The van der Waals surface area contributed by atoms with E-state index < -0.39 is 0 Å². The van der Waals surface area contributed by atoms with Crippen molar-refractivity contribution in [2.45, 2.75) is 39.2 Å². The van der Waals surface area contributed by atoms with E-state index in [1.54, 1.807) is 7.11 Å². The van der Waals surface area contributed by atoms with Crippen LogP contribution in [-0.4, -0.2) is 19.6 Å². The molecule has 0 aliphatic rings. The van der Waals surface area contributed by atoms with E-state index in [1.165, 1.54) is 0 Å². The lowest BCUT2D eigenvalue weighted by Gasteiger charge is -2.23. The molecule has 1 atom stereocenters. The molecule has 0 spiro atoms. The normalized spacial score (nSPS) is 12.4. The van der Waals surface area contributed by atoms with Crippen LogP contribution in [0, 0.1) is 0 Å². The number of hydrogen-bond donors (Lipinski definition) is 1. The number of benzene rings is 2. The molecule has 0 saturated carbocycles. The Balaban J connectivity index is 2.00. The zero-order valence-electron chi connectivity index (χ0n) is 15.6. The van der Waals surface area contributed by atoms with E-state index in [0.717, 1.165) is 22.6 Å². The van der Waals surface area contributed by atoms with Crippen molar-refractivity contribution in [2.24, 2.45) is 0 Å². The fourth-order valence-corrected chi connectivity index (χ4v) is 2.74. The number of methoxy groups -OCH3 is 1. The molecule has 2 rings (SSSR count). The second-order valence-electron chi connectivity index (χ2n) is 7.07. The first-order valence-electron chi connectivity index (χ1n) is 8.47. The summed E-state index contributed by atoms with van der Waals surface area (Å²) in [5.41, 5.74) is 1.98. The molecule has 1 amide bonds. The number of hydrogen-bond acceptors (Lipinski definition) is 3. The summed E-state index contributed by atoms with van der Waals surface area (Å²) in [6, 6.07) is 15.3. The summed E-state index contributed by atoms with van der Waals surface area (Å²) in [6.45, 7) is 8.28. The van der Waals surface area contributed by atoms with E-state index in [1.807, 2.05) is 55.5 Å². The summed E-state index contributed by atoms with van der Waals surface area (Å²) in [4.78, 5) is 12.3. The zero-order valence-corrected chi connectivity index (χ0v) is 15.6. The number of carbonyl (C=O) groups is 1. The van der Waals surface area contributed by atoms with Crippen LogP contribution in [0.5, 0.6) is 11.5 Å². The highest BCUT2D eigenvalue weighted by molar-refractivity contribution is 5.78. The molecule has 25 heavy (non-hydrogen) atoms. The second kappa shape index (κ2) is 8.06. The number of ether oxygens (including phenoxy) is 2. The molecule has 0 aliphatic heterocycles. The third kappa shape index (κ3) is 4.99. The lowest BCUT2D eigenvalue weighted by atomic mass is 9.86. The predicted octanol–water partition coefficient (Wildman–Crippen LogP) is 4.25. The number of amides is 1. The van der Waals surface area contributed by atoms with Crippen LogP contribution in [0.15, 0.2) is 48.5 Å². The van der Waals surface area contributed by atoms with E-state index >= 15 is 0 Å². The maximum Gasteiger partial charge on any atom is 0.258 e. The van der Waals surface area contributed by atoms with Crippen molar-refractivity contribution in [3.8, 4) is 11.5 Å². The SMILES string of the molecule is COc1ccccc1[C@@H](C)NC(=O)COc1ccccc1C(C)(C)C. The van der Waals surface area contributed by atoms with Gasteiger partial charge in [-0.15, -0.1) is 0 Å². The van der Waals surface area contributed by atoms with Crippen molar-refractivity contribution in [3.63, 3.8) is 0 Å². The van der Waals surface area contributed by atoms with Crippen molar-refractivity contribution < 1.29 is 14.3 Å². The van der Waals surface area contributed by atoms with E-state index in [9.17, 15) is 4.79 Å². The summed E-state index contributed by atoms with van der Waals surface area (Å²) in [7, 11) is 1.62. The smallest absolute Gasteiger partial charge is 0.258 e. The standard InChI is InChI=1S/C21H27NO3/c1-15(16-10-6-8-12-18(16)24-5)22-20(23)14-25-19-13-9-7-11-17(19)21(2,3)4/h6-13,15H,14H2,1-5H3,(H,22,23)/t15-/m1/s1. The molecule has 0 heterocycles. The van der Waals surface area contributed by atoms with E-state index in [2.05, 4.69) is 26.1 Å². The minimum absolute atomic E-state index is 0.0212. The van der Waals surface area contributed by atoms with Gasteiger partial charge in [0.05, 0.1) is 13.2 Å². The van der Waals surface area contributed by atoms with Gasteiger partial charge in [0.2, 0.25) is 0 Å². The van der Waals surface area contributed by atoms with Crippen LogP contribution in [0.25, 0.3) is 0 Å². The van der Waals surface area contributed by atoms with Gasteiger partial charge in [-0.05, 0) is 30.0 Å². The Hall–Kier alpha value is -2.49. The van der Waals surface area contributed by atoms with Gasteiger partial charge in [0, 0.05) is 5.56 Å². The van der Waals surface area contributed by atoms with Crippen LogP contribution < -0.4 is 14.8 Å². The molecule has 4 nitrogen and oxygen atoms in total. The minimum Gasteiger partial charge on any atom is -0.496 e. The molecule has 0 saturated heterocycles. The number of para-hydroxylation sites is 2. The first kappa shape index (κ1) is 18.8. The maximum atomic E-state index is 12.3. The highest BCUT2D eigenvalue weighted by atomic mass is 16.5. The molecule has 0 aliphatic carbocycles. The van der Waals surface area contributed by atoms with Gasteiger partial charge in [0.25, 0.3) is 5.91 Å². The Morgan fingerprint density at radius 2 is 1.64 bits per heavy atom. The summed E-state index contributed by atoms with van der Waals surface area (Å²) in [6.07, 6.45) is 0. The Morgan fingerprint density at radius 1 is 1.04 bits per heavy atom. The van der Waals surface area contributed by atoms with Crippen molar-refractivity contribution in [3.05, 3.63) is 59.7 Å². The van der Waals surface area contributed by atoms with Gasteiger partial charge >= 0.3 is 0 Å². The molecular formula is C21H27NO3. The van der Waals surface area contributed by atoms with Crippen LogP contribution in [0.1, 0.15) is 44.9 Å². The Morgan fingerprint density at radius 3 is 2.28 bits per heavy atom. The molecule has 0 radical (unpaired) electrons. The summed E-state index contributed by atoms with van der Waals surface area (Å²) < 4.78 is 11.1. The Labute approximate surface area is 150 Å². The molecular weight excluding hydrogens is 314 g/mol. The topological polar surface area (TPSA) is 47.6 Å². The highest BCUT2D eigenvalue weighted by Gasteiger charge is 2.19. The third-order valence-corrected chi connectivity index (χ3v) is 4.04. The van der Waals surface area contributed by atoms with Crippen molar-refractivity contribution in [1.29, 1.82) is 0 Å². The first-order valence-corrected chi connectivity index (χ1v) is 8.47. The van der Waals surface area contributed by atoms with Gasteiger partial charge in [0.15, 0.2) is 6.61 Å². The molecule has 4 heteroatoms. The molecule has 1 N–H and O–H groups in total. The van der Waals surface area contributed by atoms with Gasteiger partial charge in [-0.1, -0.05) is 57.2 Å². The Kier molecular flexibility index (Phi) is 6.07. The number of nitrogens with one attached hydrogen (secondary N) is 1. The molecule has 0 unspecified atom stereocenters. The van der Waals surface area contributed by atoms with Crippen molar-refractivity contribution in [2.75, 3.05) is 13.7 Å². The minimum atomic E-state index is -0.165. The summed E-state index contributed by atoms with van der Waals surface area (Å²) >= 11 is 0. The lowest BCUT2D eigenvalue weighted by Crippen LogP contribution is -2.31. The van der Waals surface area contributed by atoms with Gasteiger partial charge in [-0.3, -0.25) is 4.79 Å². The van der Waals surface area contributed by atoms with Crippen LogP contribution in [0.4, 0.5) is 0 Å². The number of rotatable bonds is 6. The summed E-state index contributed by atoms with van der Waals surface area (Å²) in [5.74, 6) is 1.34. The second-order valence-corrected chi connectivity index (χ2v) is 7.07. The van der Waals surface area contributed by atoms with Crippen molar-refractivity contribution >= 4 is 5.91 Å². The zero-order chi connectivity index (χ0) is 18.4. The monoisotopic (exact) mass is 341 g/mol. The quantitative estimate of drug-likeness (QED) is 0.854. The van der Waals surface area contributed by atoms with Crippen molar-refractivity contribution in [1.82, 2.24) is 5.32 Å². The third-order valence-electron chi connectivity index (χ3n) is 4.04. The average molecular weight is 341 g/mol. The molecule has 2 aromatic carbocycles. The van der Waals surface area contributed by atoms with Gasteiger partial charge in [-0.25, -0.2) is 0 Å². The molecule has 2 aromatic rings. The van der Waals surface area contributed by atoms with E-state index in [4.69, 9.17) is 9.47 Å². The molecule has 0 aromatic heterocycles. The average Bonchev–Trinajstić information content (AvgIpc) is 2.59. The number of carbonyl (C=O) groups excluding carboxylic acids is 1. The van der Waals surface area contributed by atoms with Crippen LogP contribution >= 0.6 is 0 Å². The van der Waals surface area contributed by atoms with E-state index in [-0.39, 0.29) is 24.0 Å². The van der Waals surface area contributed by atoms with Crippen LogP contribution in [-0.2, 0) is 10.2 Å². The fourth-order valence-electron chi connectivity index (χ4n) is 2.74. The summed E-state index contributed by atoms with van der Waals surface area (Å²) in [5, 5.41) is 2.96. The molecule has 134 valence electrons. The lowest BCUT2D eigenvalue weighted by molar-refractivity contribution is -0.123. The van der Waals surface area contributed by atoms with Gasteiger partial charge in [0.1, 0.15) is 11.5 Å². The maximum absolute atomic E-state index is 12.3. The fraction of sp³-hybridized carbons (Fsp3) is 0.381. The van der Waals surface area contributed by atoms with Gasteiger partial charge < -0.3 is 14.8 Å². The van der Waals surface area contributed by atoms with E-state index in [0.29, 0.717) is 0 Å². The molecule has 0 fully saturated rings. The first-order chi connectivity index (χ1) is 11.8.